The number of nitrogens with one attached hydrogen (secondary N) is 2. The molecule has 0 unspecified atom stereocenters. The molecule has 4 heterocycles. The number of hydrogen-bond acceptors (Lipinski definition) is 6. The highest BCUT2D eigenvalue weighted by atomic mass is 19.4. The summed E-state index contributed by atoms with van der Waals surface area (Å²) >= 11 is 0. The van der Waals surface area contributed by atoms with E-state index in [4.69, 9.17) is 9.72 Å². The van der Waals surface area contributed by atoms with Crippen molar-refractivity contribution in [3.63, 3.8) is 0 Å². The third-order valence-electron chi connectivity index (χ3n) is 6.34. The van der Waals surface area contributed by atoms with E-state index >= 15 is 0 Å². The number of methoxy groups -OCH3 is 1. The summed E-state index contributed by atoms with van der Waals surface area (Å²) in [4.78, 5) is 30.6. The first-order valence-electron chi connectivity index (χ1n) is 12.5. The van der Waals surface area contributed by atoms with Crippen LogP contribution in [0, 0.1) is 0 Å². The van der Waals surface area contributed by atoms with E-state index in [0.717, 1.165) is 24.8 Å². The van der Waals surface area contributed by atoms with Gasteiger partial charge in [-0.3, -0.25) is 9.55 Å². The molecular formula is C29H21F3N8O2. The third kappa shape index (κ3) is 5.22. The van der Waals surface area contributed by atoms with E-state index in [9.17, 15) is 18.0 Å². The molecule has 0 saturated carbocycles. The van der Waals surface area contributed by atoms with Crippen LogP contribution in [-0.4, -0.2) is 42.0 Å². The quantitative estimate of drug-likeness (QED) is 0.243. The number of carbonyl (C=O) groups is 1. The second-order valence-electron chi connectivity index (χ2n) is 9.04. The summed E-state index contributed by atoms with van der Waals surface area (Å²) in [5.41, 5.74) is 2.09. The summed E-state index contributed by atoms with van der Waals surface area (Å²) in [6.45, 7) is 0. The number of rotatable bonds is 6. The molecule has 4 aromatic heterocycles. The lowest BCUT2D eigenvalue weighted by atomic mass is 10.1. The summed E-state index contributed by atoms with van der Waals surface area (Å²) in [7, 11) is 1.15. The zero-order chi connectivity index (χ0) is 29.3. The molecule has 0 aliphatic carbocycles. The van der Waals surface area contributed by atoms with Crippen LogP contribution in [0.5, 0.6) is 5.75 Å². The Morgan fingerprint density at radius 2 is 1.64 bits per heavy atom. The highest BCUT2D eigenvalue weighted by Gasteiger charge is 2.34. The number of anilines is 2. The smallest absolute Gasteiger partial charge is 0.420 e. The molecule has 10 nitrogen and oxygen atoms in total. The Morgan fingerprint density at radius 3 is 2.40 bits per heavy atom. The second kappa shape index (κ2) is 10.7. The maximum atomic E-state index is 13.4. The maximum absolute atomic E-state index is 13.4. The van der Waals surface area contributed by atoms with Gasteiger partial charge in [0.05, 0.1) is 18.4 Å². The average molecular weight is 571 g/mol. The lowest BCUT2D eigenvalue weighted by Crippen LogP contribution is -2.20. The van der Waals surface area contributed by atoms with Crippen molar-refractivity contribution in [1.82, 2.24) is 28.9 Å². The van der Waals surface area contributed by atoms with Crippen molar-refractivity contribution in [2.24, 2.45) is 0 Å². The Labute approximate surface area is 236 Å². The largest absolute Gasteiger partial charge is 0.496 e. The summed E-state index contributed by atoms with van der Waals surface area (Å²) in [5.74, 6) is 0.857. The van der Waals surface area contributed by atoms with Gasteiger partial charge < -0.3 is 19.8 Å². The number of benzene rings is 2. The van der Waals surface area contributed by atoms with Gasteiger partial charge in [0.2, 0.25) is 0 Å². The lowest BCUT2D eigenvalue weighted by molar-refractivity contribution is -0.138. The molecule has 2 amide bonds. The molecule has 0 atom stereocenters. The van der Waals surface area contributed by atoms with Crippen molar-refractivity contribution in [2.75, 3.05) is 17.7 Å². The molecule has 13 heteroatoms. The van der Waals surface area contributed by atoms with Gasteiger partial charge in [-0.15, -0.1) is 0 Å². The van der Waals surface area contributed by atoms with Gasteiger partial charge in [0, 0.05) is 65.9 Å². The normalized spacial score (nSPS) is 11.4. The zero-order valence-corrected chi connectivity index (χ0v) is 21.9. The number of halogens is 3. The third-order valence-corrected chi connectivity index (χ3v) is 6.34. The predicted octanol–water partition coefficient (Wildman–Crippen LogP) is 6.32. The average Bonchev–Trinajstić information content (AvgIpc) is 3.67. The van der Waals surface area contributed by atoms with Crippen molar-refractivity contribution in [3.8, 4) is 34.2 Å². The van der Waals surface area contributed by atoms with Crippen molar-refractivity contribution in [1.29, 1.82) is 0 Å². The number of pyridine rings is 1. The standard InChI is InChI=1S/C29H21F3N8O2/c1-42-24-6-5-21(16-22(24)29(30,31)32)37-28(41)36-20-4-2-3-19(15-20)23-17-39-13-11-35-26(39)27(38-23)40-14-12-34-25(40)18-7-9-33-10-8-18/h2-17H,1H3,(H2,36,37,41). The molecule has 0 fully saturated rings. The van der Waals surface area contributed by atoms with Gasteiger partial charge in [0.15, 0.2) is 11.5 Å². The van der Waals surface area contributed by atoms with Gasteiger partial charge in [0.25, 0.3) is 0 Å². The Bertz CT molecular complexity index is 1900. The van der Waals surface area contributed by atoms with Crippen LogP contribution in [0.1, 0.15) is 5.56 Å². The molecule has 6 aromatic rings. The molecule has 0 saturated heterocycles. The van der Waals surface area contributed by atoms with Gasteiger partial charge in [-0.25, -0.2) is 19.7 Å². The Hall–Kier alpha value is -5.72. The minimum absolute atomic E-state index is 0.0426. The SMILES string of the molecule is COc1ccc(NC(=O)Nc2cccc(-c3cn4ccnc4c(-n4ccnc4-c4ccncc4)n3)c2)cc1C(F)(F)F. The highest BCUT2D eigenvalue weighted by molar-refractivity contribution is 6.00. The molecule has 6 rings (SSSR count). The summed E-state index contributed by atoms with van der Waals surface area (Å²) in [6, 6.07) is 13.2. The van der Waals surface area contributed by atoms with Crippen molar-refractivity contribution < 1.29 is 22.7 Å². The second-order valence-corrected chi connectivity index (χ2v) is 9.04. The van der Waals surface area contributed by atoms with Crippen molar-refractivity contribution >= 4 is 23.1 Å². The van der Waals surface area contributed by atoms with Gasteiger partial charge in [-0.1, -0.05) is 12.1 Å². The zero-order valence-electron chi connectivity index (χ0n) is 21.9. The molecule has 42 heavy (non-hydrogen) atoms. The maximum Gasteiger partial charge on any atom is 0.420 e. The van der Waals surface area contributed by atoms with E-state index in [1.165, 1.54) is 6.07 Å². The fourth-order valence-corrected chi connectivity index (χ4v) is 4.46. The molecular weight excluding hydrogens is 549 g/mol. The van der Waals surface area contributed by atoms with Crippen LogP contribution in [0.4, 0.5) is 29.3 Å². The topological polar surface area (TPSA) is 111 Å². The first-order chi connectivity index (χ1) is 20.3. The minimum Gasteiger partial charge on any atom is -0.496 e. The molecule has 2 N–H and O–H groups in total. The molecule has 0 aliphatic heterocycles. The van der Waals surface area contributed by atoms with E-state index < -0.39 is 17.8 Å². The molecule has 0 bridgehead atoms. The molecule has 0 aliphatic rings. The van der Waals surface area contributed by atoms with Gasteiger partial charge in [-0.2, -0.15) is 13.2 Å². The number of carbonyl (C=O) groups excluding carboxylic acids is 1. The van der Waals surface area contributed by atoms with E-state index in [-0.39, 0.29) is 11.4 Å². The Balaban J connectivity index is 1.29. The Kier molecular flexibility index (Phi) is 6.74. The van der Waals surface area contributed by atoms with Crippen LogP contribution < -0.4 is 15.4 Å². The summed E-state index contributed by atoms with van der Waals surface area (Å²) in [5, 5.41) is 5.10. The van der Waals surface area contributed by atoms with Gasteiger partial charge in [0.1, 0.15) is 11.6 Å². The van der Waals surface area contributed by atoms with Crippen LogP contribution in [0.25, 0.3) is 34.1 Å². The van der Waals surface area contributed by atoms with Gasteiger partial charge in [-0.05, 0) is 42.5 Å². The number of imidazole rings is 2. The van der Waals surface area contributed by atoms with Crippen LogP contribution >= 0.6 is 0 Å². The minimum atomic E-state index is -4.65. The highest BCUT2D eigenvalue weighted by Crippen LogP contribution is 2.37. The molecule has 0 radical (unpaired) electrons. The first-order valence-corrected chi connectivity index (χ1v) is 12.5. The van der Waals surface area contributed by atoms with Crippen LogP contribution in [0.3, 0.4) is 0 Å². The molecule has 210 valence electrons. The monoisotopic (exact) mass is 570 g/mol. The molecule has 0 spiro atoms. The van der Waals surface area contributed by atoms with E-state index in [1.54, 1.807) is 55.4 Å². The fourth-order valence-electron chi connectivity index (χ4n) is 4.46. The lowest BCUT2D eigenvalue weighted by Gasteiger charge is -2.14. The van der Waals surface area contributed by atoms with E-state index in [0.29, 0.717) is 34.2 Å². The predicted molar refractivity (Wildman–Crippen MR) is 149 cm³/mol. The van der Waals surface area contributed by atoms with Crippen LogP contribution in [0.15, 0.2) is 98.0 Å². The number of alkyl halides is 3. The van der Waals surface area contributed by atoms with E-state index in [2.05, 4.69) is 25.6 Å². The first kappa shape index (κ1) is 26.5. The number of fused-ring (bicyclic) bond motifs is 1. The summed E-state index contributed by atoms with van der Waals surface area (Å²) in [6.07, 6.45) is 7.46. The van der Waals surface area contributed by atoms with Crippen molar-refractivity contribution in [3.05, 3.63) is 104 Å². The number of ether oxygens (including phenoxy) is 1. The number of amides is 2. The van der Waals surface area contributed by atoms with Gasteiger partial charge >= 0.3 is 12.2 Å². The molecule has 2 aromatic carbocycles. The fraction of sp³-hybridized carbons (Fsp3) is 0.0690. The number of nitrogens with zero attached hydrogens (tertiary/aromatic N) is 6. The number of aromatic nitrogens is 6. The van der Waals surface area contributed by atoms with E-state index in [1.807, 2.05) is 33.4 Å². The Morgan fingerprint density at radius 1 is 0.881 bits per heavy atom. The number of urea groups is 1. The van der Waals surface area contributed by atoms with Crippen LogP contribution in [0.2, 0.25) is 0 Å². The van der Waals surface area contributed by atoms with Crippen LogP contribution in [-0.2, 0) is 6.18 Å². The van der Waals surface area contributed by atoms with Crippen molar-refractivity contribution in [2.45, 2.75) is 6.18 Å². The number of hydrogen-bond donors (Lipinski definition) is 2. The summed E-state index contributed by atoms with van der Waals surface area (Å²) < 4.78 is 48.6.